The van der Waals surface area contributed by atoms with Crippen LogP contribution in [0.3, 0.4) is 0 Å². The molecular formula is C21H27F3N8O4. The van der Waals surface area contributed by atoms with E-state index in [0.29, 0.717) is 12.0 Å². The highest BCUT2D eigenvalue weighted by Gasteiger charge is 2.27. The number of carbonyl (C=O) groups excluding carboxylic acids is 2. The van der Waals surface area contributed by atoms with E-state index in [9.17, 15) is 22.8 Å². The van der Waals surface area contributed by atoms with E-state index in [4.69, 9.17) is 14.9 Å². The van der Waals surface area contributed by atoms with Crippen LogP contribution in [0.15, 0.2) is 40.9 Å². The highest BCUT2D eigenvalue weighted by atomic mass is 19.4. The van der Waals surface area contributed by atoms with Crippen LogP contribution in [0, 0.1) is 5.41 Å². The van der Waals surface area contributed by atoms with Gasteiger partial charge in [0.25, 0.3) is 5.91 Å². The number of anilines is 1. The molecule has 15 heteroatoms. The minimum atomic E-state index is -4.42. The summed E-state index contributed by atoms with van der Waals surface area (Å²) in [4.78, 5) is 34.5. The van der Waals surface area contributed by atoms with Gasteiger partial charge in [-0.05, 0) is 12.1 Å². The Morgan fingerprint density at radius 1 is 1.31 bits per heavy atom. The molecular weight excluding hydrogens is 485 g/mol. The standard InChI is InChI=1S/C21H27F3N8O4/c1-26-10-15(18(25)31(2)5-6-32(13-34)7-8-33)29-19(35)16-11-36-20(30-16)14-3-4-27-17(9-14)28-12-21(22,23)24/h3-4,9-11,13,25-26,33H,5-8,12H2,1-2H3,(H,27,28)(H,29,35)/b15-10+,25-18?. The van der Waals surface area contributed by atoms with Gasteiger partial charge in [-0.2, -0.15) is 13.2 Å². The van der Waals surface area contributed by atoms with E-state index < -0.39 is 18.6 Å². The molecule has 0 unspecified atom stereocenters. The van der Waals surface area contributed by atoms with Gasteiger partial charge in [-0.25, -0.2) is 9.97 Å². The van der Waals surface area contributed by atoms with Crippen molar-refractivity contribution in [2.24, 2.45) is 0 Å². The SMILES string of the molecule is CN/C=C(/NC(=O)c1coc(-c2ccnc(NCC(F)(F)F)c2)n1)C(=N)N(C)CCN(C=O)CCO. The van der Waals surface area contributed by atoms with Gasteiger partial charge in [-0.1, -0.05) is 0 Å². The Bertz CT molecular complexity index is 1070. The molecule has 2 amide bonds. The molecule has 0 aromatic carbocycles. The van der Waals surface area contributed by atoms with Gasteiger partial charge < -0.3 is 35.3 Å². The van der Waals surface area contributed by atoms with Crippen LogP contribution in [0.1, 0.15) is 10.5 Å². The number of hydrogen-bond acceptors (Lipinski definition) is 9. The highest BCUT2D eigenvalue weighted by Crippen LogP contribution is 2.22. The largest absolute Gasteiger partial charge is 0.444 e. The molecule has 2 rings (SSSR count). The van der Waals surface area contributed by atoms with Crippen LogP contribution in [0.4, 0.5) is 19.0 Å². The number of nitrogens with one attached hydrogen (secondary N) is 4. The number of aromatic nitrogens is 2. The van der Waals surface area contributed by atoms with Crippen molar-refractivity contribution in [3.8, 4) is 11.5 Å². The second-order valence-corrected chi connectivity index (χ2v) is 7.37. The number of aliphatic hydroxyl groups excluding tert-OH is 1. The first-order valence-corrected chi connectivity index (χ1v) is 10.6. The van der Waals surface area contributed by atoms with Gasteiger partial charge in [0.2, 0.25) is 12.3 Å². The Hall–Kier alpha value is -4.14. The topological polar surface area (TPSA) is 160 Å². The van der Waals surface area contributed by atoms with E-state index in [1.807, 2.05) is 0 Å². The lowest BCUT2D eigenvalue weighted by Gasteiger charge is -2.25. The minimum absolute atomic E-state index is 0.0122. The third-order valence-corrected chi connectivity index (χ3v) is 4.65. The van der Waals surface area contributed by atoms with Crippen molar-refractivity contribution >= 4 is 24.0 Å². The van der Waals surface area contributed by atoms with Crippen molar-refractivity contribution < 1.29 is 32.3 Å². The predicted molar refractivity (Wildman–Crippen MR) is 124 cm³/mol. The van der Waals surface area contributed by atoms with Gasteiger partial charge in [-0.15, -0.1) is 0 Å². The lowest BCUT2D eigenvalue weighted by Crippen LogP contribution is -2.40. The van der Waals surface area contributed by atoms with Crippen molar-refractivity contribution in [3.63, 3.8) is 0 Å². The predicted octanol–water partition coefficient (Wildman–Crippen LogP) is 0.861. The zero-order chi connectivity index (χ0) is 26.7. The van der Waals surface area contributed by atoms with E-state index in [1.165, 1.54) is 34.3 Å². The van der Waals surface area contributed by atoms with Gasteiger partial charge >= 0.3 is 6.18 Å². The molecule has 0 spiro atoms. The molecule has 0 atom stereocenters. The number of alkyl halides is 3. The first kappa shape index (κ1) is 28.1. The number of pyridine rings is 1. The van der Waals surface area contributed by atoms with Crippen LogP contribution in [0.25, 0.3) is 11.5 Å². The highest BCUT2D eigenvalue weighted by molar-refractivity contribution is 6.03. The molecule has 0 saturated carbocycles. The van der Waals surface area contributed by atoms with E-state index in [2.05, 4.69) is 25.9 Å². The molecule has 2 aromatic rings. The Balaban J connectivity index is 2.07. The summed E-state index contributed by atoms with van der Waals surface area (Å²) in [7, 11) is 3.18. The molecule has 0 saturated heterocycles. The first-order valence-electron chi connectivity index (χ1n) is 10.6. The third kappa shape index (κ3) is 8.57. The van der Waals surface area contributed by atoms with Gasteiger partial charge in [-0.3, -0.25) is 15.0 Å². The molecule has 0 radical (unpaired) electrons. The van der Waals surface area contributed by atoms with Crippen LogP contribution >= 0.6 is 0 Å². The molecule has 36 heavy (non-hydrogen) atoms. The maximum absolute atomic E-state index is 12.7. The van der Waals surface area contributed by atoms with Crippen molar-refractivity contribution in [2.45, 2.75) is 6.18 Å². The van der Waals surface area contributed by atoms with E-state index in [0.717, 1.165) is 6.26 Å². The molecule has 5 N–H and O–H groups in total. The van der Waals surface area contributed by atoms with Crippen LogP contribution in [0.5, 0.6) is 0 Å². The number of carbonyl (C=O) groups is 2. The number of oxazole rings is 1. The Morgan fingerprint density at radius 3 is 2.69 bits per heavy atom. The normalized spacial score (nSPS) is 11.6. The van der Waals surface area contributed by atoms with Crippen LogP contribution < -0.4 is 16.0 Å². The summed E-state index contributed by atoms with van der Waals surface area (Å²) < 4.78 is 42.6. The molecule has 0 fully saturated rings. The maximum Gasteiger partial charge on any atom is 0.405 e. The molecule has 0 bridgehead atoms. The quantitative estimate of drug-likeness (QED) is 0.149. The Labute approximate surface area is 204 Å². The van der Waals surface area contributed by atoms with Crippen molar-refractivity contribution in [1.82, 2.24) is 30.4 Å². The van der Waals surface area contributed by atoms with Gasteiger partial charge in [0, 0.05) is 51.7 Å². The summed E-state index contributed by atoms with van der Waals surface area (Å²) in [5, 5.41) is 24.8. The zero-order valence-corrected chi connectivity index (χ0v) is 19.6. The second-order valence-electron chi connectivity index (χ2n) is 7.37. The minimum Gasteiger partial charge on any atom is -0.444 e. The lowest BCUT2D eigenvalue weighted by molar-refractivity contribution is -0.118. The number of amidine groups is 1. The molecule has 12 nitrogen and oxygen atoms in total. The number of aliphatic hydroxyl groups is 1. The van der Waals surface area contributed by atoms with E-state index in [-0.39, 0.29) is 55.2 Å². The number of amides is 2. The number of likely N-dealkylation sites (N-methyl/N-ethyl adjacent to an activating group) is 1. The number of halogens is 3. The average molecular weight is 512 g/mol. The summed E-state index contributed by atoms with van der Waals surface area (Å²) in [5.41, 5.74) is 0.283. The number of hydrogen-bond donors (Lipinski definition) is 5. The molecule has 196 valence electrons. The van der Waals surface area contributed by atoms with Gasteiger partial charge in [0.15, 0.2) is 5.69 Å². The molecule has 0 aliphatic rings. The van der Waals surface area contributed by atoms with Gasteiger partial charge in [0.05, 0.1) is 12.3 Å². The number of nitrogens with zero attached hydrogens (tertiary/aromatic N) is 4. The number of rotatable bonds is 13. The fraction of sp³-hybridized carbons (Fsp3) is 0.381. The first-order chi connectivity index (χ1) is 17.1. The Morgan fingerprint density at radius 2 is 2.06 bits per heavy atom. The smallest absolute Gasteiger partial charge is 0.405 e. The molecule has 0 aliphatic heterocycles. The maximum atomic E-state index is 12.7. The molecule has 0 aliphatic carbocycles. The van der Waals surface area contributed by atoms with Crippen LogP contribution in [0.2, 0.25) is 0 Å². The Kier molecular flexibility index (Phi) is 10.2. The summed E-state index contributed by atoms with van der Waals surface area (Å²) in [6.45, 7) is -0.784. The monoisotopic (exact) mass is 512 g/mol. The fourth-order valence-electron chi connectivity index (χ4n) is 2.80. The van der Waals surface area contributed by atoms with Crippen molar-refractivity contribution in [2.75, 3.05) is 52.2 Å². The molecule has 2 aromatic heterocycles. The van der Waals surface area contributed by atoms with Crippen LogP contribution in [-0.2, 0) is 4.79 Å². The second kappa shape index (κ2) is 13.1. The van der Waals surface area contributed by atoms with E-state index >= 15 is 0 Å². The van der Waals surface area contributed by atoms with Crippen LogP contribution in [-0.4, -0.2) is 96.1 Å². The molecule has 2 heterocycles. The summed E-state index contributed by atoms with van der Waals surface area (Å²) >= 11 is 0. The van der Waals surface area contributed by atoms with Crippen molar-refractivity contribution in [1.29, 1.82) is 5.41 Å². The summed E-state index contributed by atoms with van der Waals surface area (Å²) in [5.74, 6) is -0.812. The van der Waals surface area contributed by atoms with Crippen molar-refractivity contribution in [3.05, 3.63) is 42.2 Å². The lowest BCUT2D eigenvalue weighted by atomic mass is 10.2. The van der Waals surface area contributed by atoms with Gasteiger partial charge in [0.1, 0.15) is 24.5 Å². The fourth-order valence-corrected chi connectivity index (χ4v) is 2.80. The summed E-state index contributed by atoms with van der Waals surface area (Å²) in [6, 6.07) is 2.76. The van der Waals surface area contributed by atoms with E-state index in [1.54, 1.807) is 14.1 Å². The zero-order valence-electron chi connectivity index (χ0n) is 19.6. The third-order valence-electron chi connectivity index (χ3n) is 4.65. The summed E-state index contributed by atoms with van der Waals surface area (Å²) in [6.07, 6.45) is -0.0751. The average Bonchev–Trinajstić information content (AvgIpc) is 3.35.